The third kappa shape index (κ3) is 12.2. The summed E-state index contributed by atoms with van der Waals surface area (Å²) in [6, 6.07) is 17.0. The van der Waals surface area contributed by atoms with Crippen molar-refractivity contribution in [2.75, 3.05) is 0 Å². The van der Waals surface area contributed by atoms with Crippen LogP contribution >= 0.6 is 0 Å². The zero-order valence-electron chi connectivity index (χ0n) is 27.6. The van der Waals surface area contributed by atoms with Crippen molar-refractivity contribution in [2.24, 2.45) is 0 Å². The van der Waals surface area contributed by atoms with Crippen LogP contribution < -0.4 is 9.47 Å². The average Bonchev–Trinajstić information content (AvgIpc) is 3.19. The Morgan fingerprint density at radius 1 is 0.400 bits per heavy atom. The standard InChI is InChI=1S/3C12H8N2O4.Co/c2*15-7-18-9-2-4-14-11(6-9)10-5-8(12(16)17)1-3-13-10;15-11(16)7-1-3-13-9(5-7)10-6-8(12(17)18)2-4-14-10;/h2*1-7H,(H,16,17);1-6H,(H,15,16)(H,17,18);/q;;;+2. The van der Waals surface area contributed by atoms with Crippen LogP contribution in [0.5, 0.6) is 11.5 Å². The summed E-state index contributed by atoms with van der Waals surface area (Å²) in [7, 11) is 0. The molecule has 55 heavy (non-hydrogen) atoms. The quantitative estimate of drug-likeness (QED) is 0.133. The van der Waals surface area contributed by atoms with Gasteiger partial charge in [-0.15, -0.1) is 0 Å². The zero-order chi connectivity index (χ0) is 39.0. The third-order valence-corrected chi connectivity index (χ3v) is 6.65. The van der Waals surface area contributed by atoms with Gasteiger partial charge in [0.15, 0.2) is 0 Å². The van der Waals surface area contributed by atoms with Gasteiger partial charge in [0.25, 0.3) is 12.9 Å². The summed E-state index contributed by atoms with van der Waals surface area (Å²) < 4.78 is 9.36. The molecule has 6 rings (SSSR count). The largest absolute Gasteiger partial charge is 2.00 e. The predicted octanol–water partition coefficient (Wildman–Crippen LogP) is 4.29. The topological polar surface area (TPSA) is 279 Å². The molecule has 0 spiro atoms. The first kappa shape index (κ1) is 41.6. The van der Waals surface area contributed by atoms with Crippen LogP contribution in [0.2, 0.25) is 0 Å². The van der Waals surface area contributed by atoms with Gasteiger partial charge in [-0.25, -0.2) is 19.2 Å². The van der Waals surface area contributed by atoms with Crippen LogP contribution in [0.25, 0.3) is 34.2 Å². The number of carbonyl (C=O) groups excluding carboxylic acids is 2. The molecule has 0 saturated heterocycles. The zero-order valence-corrected chi connectivity index (χ0v) is 28.7. The molecule has 0 atom stereocenters. The fourth-order valence-electron chi connectivity index (χ4n) is 4.17. The van der Waals surface area contributed by atoms with Crippen molar-refractivity contribution in [1.82, 2.24) is 29.9 Å². The normalized spacial score (nSPS) is 9.67. The number of aromatic carboxylic acids is 4. The molecule has 277 valence electrons. The van der Waals surface area contributed by atoms with Crippen LogP contribution in [-0.4, -0.2) is 87.2 Å². The number of aromatic nitrogens is 6. The Bertz CT molecular complexity index is 2180. The molecular formula is C36H24CoN6O12+2. The molecule has 0 amide bonds. The summed E-state index contributed by atoms with van der Waals surface area (Å²) in [5, 5.41) is 35.5. The van der Waals surface area contributed by atoms with Crippen molar-refractivity contribution in [3.8, 4) is 45.7 Å². The minimum Gasteiger partial charge on any atom is -0.478 e. The van der Waals surface area contributed by atoms with E-state index in [1.54, 1.807) is 0 Å². The minimum atomic E-state index is -1.08. The number of carboxylic acids is 4. The van der Waals surface area contributed by atoms with E-state index in [1.165, 1.54) is 110 Å². The molecule has 0 saturated carbocycles. The Morgan fingerprint density at radius 3 is 0.836 bits per heavy atom. The van der Waals surface area contributed by atoms with E-state index in [-0.39, 0.29) is 39.0 Å². The molecule has 0 unspecified atom stereocenters. The maximum Gasteiger partial charge on any atom is 2.00 e. The van der Waals surface area contributed by atoms with Crippen molar-refractivity contribution in [1.29, 1.82) is 0 Å². The van der Waals surface area contributed by atoms with Crippen LogP contribution in [0.1, 0.15) is 41.4 Å². The van der Waals surface area contributed by atoms with Gasteiger partial charge in [0.05, 0.1) is 56.4 Å². The summed E-state index contributed by atoms with van der Waals surface area (Å²) in [4.78, 5) is 87.8. The molecule has 19 heteroatoms. The van der Waals surface area contributed by atoms with Gasteiger partial charge >= 0.3 is 40.7 Å². The van der Waals surface area contributed by atoms with Gasteiger partial charge in [0.2, 0.25) is 0 Å². The molecule has 0 aliphatic rings. The van der Waals surface area contributed by atoms with Gasteiger partial charge in [0, 0.05) is 49.3 Å². The SMILES string of the molecule is O=C(O)c1ccnc(-c2cc(C(=O)O)ccn2)c1.O=COc1ccnc(-c2cc(C(=O)O)ccn2)c1.O=COc1ccnc(-c2cc(C(=O)O)ccn2)c1.[Co+2]. The van der Waals surface area contributed by atoms with Crippen LogP contribution in [0.15, 0.2) is 110 Å². The summed E-state index contributed by atoms with van der Waals surface area (Å²) in [5.74, 6) is -3.60. The van der Waals surface area contributed by atoms with E-state index in [4.69, 9.17) is 20.4 Å². The molecule has 0 aliphatic carbocycles. The number of hydrogen-bond donors (Lipinski definition) is 4. The summed E-state index contributed by atoms with van der Waals surface area (Å²) >= 11 is 0. The molecule has 6 aromatic rings. The van der Waals surface area contributed by atoms with Gasteiger partial charge in [-0.05, 0) is 60.7 Å². The number of ether oxygens (including phenoxy) is 2. The van der Waals surface area contributed by atoms with Crippen molar-refractivity contribution in [3.63, 3.8) is 0 Å². The van der Waals surface area contributed by atoms with E-state index in [0.29, 0.717) is 58.6 Å². The Kier molecular flexibility index (Phi) is 15.4. The second-order valence-corrected chi connectivity index (χ2v) is 10.1. The molecule has 0 aromatic carbocycles. The minimum absolute atomic E-state index is 0. The fourth-order valence-corrected chi connectivity index (χ4v) is 4.17. The number of carbonyl (C=O) groups is 6. The Hall–Kier alpha value is -7.77. The number of nitrogens with zero attached hydrogens (tertiary/aromatic N) is 6. The summed E-state index contributed by atoms with van der Waals surface area (Å²) in [5.41, 5.74) is 2.65. The number of carboxylic acid groups (broad SMARTS) is 4. The second-order valence-electron chi connectivity index (χ2n) is 10.1. The Labute approximate surface area is 319 Å². The van der Waals surface area contributed by atoms with Crippen molar-refractivity contribution < 1.29 is 75.4 Å². The number of hydrogen-bond acceptors (Lipinski definition) is 14. The smallest absolute Gasteiger partial charge is 0.478 e. The first-order chi connectivity index (χ1) is 26.0. The monoisotopic (exact) mass is 791 g/mol. The van der Waals surface area contributed by atoms with Gasteiger partial charge in [-0.3, -0.25) is 39.5 Å². The molecule has 6 heterocycles. The fraction of sp³-hybridized carbons (Fsp3) is 0. The molecule has 18 nitrogen and oxygen atoms in total. The van der Waals surface area contributed by atoms with Crippen LogP contribution in [-0.2, 0) is 26.4 Å². The molecule has 0 fully saturated rings. The molecule has 4 N–H and O–H groups in total. The van der Waals surface area contributed by atoms with Crippen LogP contribution in [0, 0.1) is 0 Å². The summed E-state index contributed by atoms with van der Waals surface area (Å²) in [6.07, 6.45) is 8.34. The van der Waals surface area contributed by atoms with Gasteiger partial charge < -0.3 is 29.9 Å². The Morgan fingerprint density at radius 2 is 0.618 bits per heavy atom. The van der Waals surface area contributed by atoms with E-state index in [2.05, 4.69) is 39.4 Å². The molecular weight excluding hydrogens is 767 g/mol. The van der Waals surface area contributed by atoms with Crippen molar-refractivity contribution >= 4 is 36.8 Å². The molecule has 6 aromatic heterocycles. The number of rotatable bonds is 11. The van der Waals surface area contributed by atoms with Crippen molar-refractivity contribution in [3.05, 3.63) is 132 Å². The van der Waals surface area contributed by atoms with Crippen molar-refractivity contribution in [2.45, 2.75) is 0 Å². The van der Waals surface area contributed by atoms with E-state index in [1.807, 2.05) is 0 Å². The van der Waals surface area contributed by atoms with Gasteiger partial charge in [-0.2, -0.15) is 0 Å². The number of pyridine rings is 6. The maximum absolute atomic E-state index is 10.8. The van der Waals surface area contributed by atoms with Crippen LogP contribution in [0.3, 0.4) is 0 Å². The summed E-state index contributed by atoms with van der Waals surface area (Å²) in [6.45, 7) is 0.612. The van der Waals surface area contributed by atoms with Gasteiger partial charge in [-0.1, -0.05) is 0 Å². The maximum atomic E-state index is 10.8. The third-order valence-electron chi connectivity index (χ3n) is 6.65. The van der Waals surface area contributed by atoms with E-state index >= 15 is 0 Å². The van der Waals surface area contributed by atoms with E-state index in [9.17, 15) is 28.8 Å². The second kappa shape index (κ2) is 20.3. The average molecular weight is 792 g/mol. The molecule has 1 radical (unpaired) electrons. The predicted molar refractivity (Wildman–Crippen MR) is 184 cm³/mol. The molecule has 0 bridgehead atoms. The molecule has 0 aliphatic heterocycles. The van der Waals surface area contributed by atoms with E-state index < -0.39 is 23.9 Å². The first-order valence-electron chi connectivity index (χ1n) is 14.9. The van der Waals surface area contributed by atoms with Gasteiger partial charge in [0.1, 0.15) is 11.5 Å². The first-order valence-corrected chi connectivity index (χ1v) is 14.9. The Balaban J connectivity index is 0.000000220. The van der Waals surface area contributed by atoms with Crippen LogP contribution in [0.4, 0.5) is 0 Å². The van der Waals surface area contributed by atoms with E-state index in [0.717, 1.165) is 0 Å².